The van der Waals surface area contributed by atoms with Crippen LogP contribution in [0.15, 0.2) is 58.2 Å². The summed E-state index contributed by atoms with van der Waals surface area (Å²) in [5, 5.41) is 0. The fraction of sp³-hybridized carbons (Fsp3) is 0.429. The third kappa shape index (κ3) is 6.01. The molecule has 2 nitrogen and oxygen atoms in total. The molecule has 160 valence electrons. The largest absolute Gasteiger partial charge is 0.289 e. The summed E-state index contributed by atoms with van der Waals surface area (Å²) in [5.74, 6) is -0.00654. The van der Waals surface area contributed by atoms with E-state index in [0.29, 0.717) is 28.7 Å². The molecule has 0 atom stereocenters. The topological polar surface area (TPSA) is 34.1 Å². The molecule has 1 aliphatic carbocycles. The first-order chi connectivity index (χ1) is 14.1. The Kier molecular flexibility index (Phi) is 8.34. The maximum Gasteiger partial charge on any atom is 0.190 e. The minimum atomic E-state index is -0.0105. The minimum absolute atomic E-state index is 0.00395. The average Bonchev–Trinajstić information content (AvgIpc) is 2.67. The number of rotatable bonds is 8. The summed E-state index contributed by atoms with van der Waals surface area (Å²) in [7, 11) is 0. The highest BCUT2D eigenvalue weighted by molar-refractivity contribution is 6.26. The van der Waals surface area contributed by atoms with E-state index in [1.807, 2.05) is 26.0 Å². The Morgan fingerprint density at radius 2 is 1.23 bits per heavy atom. The van der Waals surface area contributed by atoms with Gasteiger partial charge in [0.1, 0.15) is 0 Å². The highest BCUT2D eigenvalue weighted by Gasteiger charge is 2.29. The van der Waals surface area contributed by atoms with Gasteiger partial charge >= 0.3 is 0 Å². The van der Waals surface area contributed by atoms with Crippen LogP contribution in [0.4, 0.5) is 0 Å². The van der Waals surface area contributed by atoms with E-state index in [9.17, 15) is 9.59 Å². The summed E-state index contributed by atoms with van der Waals surface area (Å²) < 4.78 is 0. The van der Waals surface area contributed by atoms with Crippen LogP contribution in [-0.2, 0) is 0 Å². The molecule has 0 fully saturated rings. The third-order valence-electron chi connectivity index (χ3n) is 5.97. The Hall–Kier alpha value is -2.48. The van der Waals surface area contributed by atoms with Crippen LogP contribution < -0.4 is 0 Å². The zero-order valence-corrected chi connectivity index (χ0v) is 19.7. The van der Waals surface area contributed by atoms with Gasteiger partial charge in [-0.15, -0.1) is 0 Å². The van der Waals surface area contributed by atoms with Crippen LogP contribution in [0, 0.1) is 13.8 Å². The van der Waals surface area contributed by atoms with Crippen molar-refractivity contribution in [3.8, 4) is 0 Å². The molecule has 2 rings (SSSR count). The third-order valence-corrected chi connectivity index (χ3v) is 5.97. The lowest BCUT2D eigenvalue weighted by Gasteiger charge is -2.20. The van der Waals surface area contributed by atoms with E-state index in [1.165, 1.54) is 16.7 Å². The minimum Gasteiger partial charge on any atom is -0.289 e. The molecule has 0 unspecified atom stereocenters. The lowest BCUT2D eigenvalue weighted by atomic mass is 9.81. The van der Waals surface area contributed by atoms with E-state index in [2.05, 4.69) is 45.9 Å². The monoisotopic (exact) mass is 404 g/mol. The number of carbonyl (C=O) groups is 2. The second-order valence-corrected chi connectivity index (χ2v) is 8.91. The van der Waals surface area contributed by atoms with Gasteiger partial charge in [-0.05, 0) is 104 Å². The molecular weight excluding hydrogens is 368 g/mol. The summed E-state index contributed by atoms with van der Waals surface area (Å²) in [6.07, 6.45) is 11.4. The first-order valence-corrected chi connectivity index (χ1v) is 11.0. The molecule has 1 aliphatic rings. The van der Waals surface area contributed by atoms with Gasteiger partial charge in [0.15, 0.2) is 11.6 Å². The first-order valence-electron chi connectivity index (χ1n) is 11.0. The lowest BCUT2D eigenvalue weighted by molar-refractivity contribution is 0.0973. The van der Waals surface area contributed by atoms with Crippen molar-refractivity contribution in [3.63, 3.8) is 0 Å². The molecule has 0 heterocycles. The van der Waals surface area contributed by atoms with Crippen LogP contribution in [0.1, 0.15) is 98.6 Å². The molecule has 30 heavy (non-hydrogen) atoms. The number of aryl methyl sites for hydroxylation is 2. The molecule has 0 amide bonds. The first kappa shape index (κ1) is 23.8. The predicted octanol–water partition coefficient (Wildman–Crippen LogP) is 7.81. The van der Waals surface area contributed by atoms with Gasteiger partial charge in [-0.3, -0.25) is 9.59 Å². The fourth-order valence-corrected chi connectivity index (χ4v) is 3.72. The second-order valence-electron chi connectivity index (χ2n) is 8.91. The van der Waals surface area contributed by atoms with Crippen LogP contribution in [0.2, 0.25) is 0 Å². The van der Waals surface area contributed by atoms with Crippen molar-refractivity contribution in [3.05, 3.63) is 80.5 Å². The normalized spacial score (nSPS) is 14.9. The van der Waals surface area contributed by atoms with Gasteiger partial charge in [-0.1, -0.05) is 34.9 Å². The summed E-state index contributed by atoms with van der Waals surface area (Å²) in [6.45, 7) is 14.3. The predicted molar refractivity (Wildman–Crippen MR) is 127 cm³/mol. The van der Waals surface area contributed by atoms with Crippen molar-refractivity contribution in [2.75, 3.05) is 0 Å². The molecule has 1 aromatic carbocycles. The van der Waals surface area contributed by atoms with Gasteiger partial charge in [0, 0.05) is 22.3 Å². The number of allylic oxidation sites excluding steroid dienone is 8. The highest BCUT2D eigenvalue weighted by atomic mass is 16.1. The SMILES string of the molecule is CC(C)=CCCC(C)=CCCC(C)=CCC1=C(C)C(=O)c2cc(C)c(C)cc2C1=O. The Bertz CT molecular complexity index is 961. The van der Waals surface area contributed by atoms with Gasteiger partial charge in [-0.25, -0.2) is 0 Å². The summed E-state index contributed by atoms with van der Waals surface area (Å²) in [6, 6.07) is 3.73. The fourth-order valence-electron chi connectivity index (χ4n) is 3.72. The molecule has 0 radical (unpaired) electrons. The summed E-state index contributed by atoms with van der Waals surface area (Å²) >= 11 is 0. The molecule has 1 aromatic rings. The number of hydrogen-bond donors (Lipinski definition) is 0. The van der Waals surface area contributed by atoms with Crippen LogP contribution in [0.5, 0.6) is 0 Å². The highest BCUT2D eigenvalue weighted by Crippen LogP contribution is 2.30. The molecule has 2 heteroatoms. The van der Waals surface area contributed by atoms with Gasteiger partial charge in [-0.2, -0.15) is 0 Å². The number of carbonyl (C=O) groups excluding carboxylic acids is 2. The second kappa shape index (κ2) is 10.5. The quantitative estimate of drug-likeness (QED) is 0.414. The zero-order valence-electron chi connectivity index (χ0n) is 19.7. The molecule has 0 bridgehead atoms. The van der Waals surface area contributed by atoms with Crippen molar-refractivity contribution in [1.29, 1.82) is 0 Å². The van der Waals surface area contributed by atoms with Gasteiger partial charge in [0.05, 0.1) is 0 Å². The summed E-state index contributed by atoms with van der Waals surface area (Å²) in [4.78, 5) is 25.9. The molecule has 0 saturated carbocycles. The molecule has 0 aliphatic heterocycles. The Balaban J connectivity index is 2.03. The molecule has 0 aromatic heterocycles. The van der Waals surface area contributed by atoms with Gasteiger partial charge in [0.2, 0.25) is 0 Å². The Morgan fingerprint density at radius 3 is 1.80 bits per heavy atom. The molecule has 0 spiro atoms. The van der Waals surface area contributed by atoms with Crippen molar-refractivity contribution in [2.24, 2.45) is 0 Å². The zero-order chi connectivity index (χ0) is 22.4. The number of Topliss-reactive ketones (excluding diaryl/α,β-unsaturated/α-hetero) is 2. The van der Waals surface area contributed by atoms with E-state index in [4.69, 9.17) is 0 Å². The summed E-state index contributed by atoms with van der Waals surface area (Å²) in [5.41, 5.74) is 8.50. The maximum atomic E-state index is 13.0. The van der Waals surface area contributed by atoms with Gasteiger partial charge < -0.3 is 0 Å². The lowest BCUT2D eigenvalue weighted by Crippen LogP contribution is -2.21. The van der Waals surface area contributed by atoms with E-state index >= 15 is 0 Å². The standard InChI is InChI=1S/C28H36O2/c1-18(2)10-8-11-19(3)12-9-13-20(4)14-15-24-23(7)27(29)25-16-21(5)22(6)17-26(25)28(24)30/h10,12,14,16-17H,8-9,11,13,15H2,1-7H3. The van der Waals surface area contributed by atoms with E-state index in [1.54, 1.807) is 6.92 Å². The molecule has 0 saturated heterocycles. The smallest absolute Gasteiger partial charge is 0.190 e. The molecule has 0 N–H and O–H groups in total. The number of hydrogen-bond acceptors (Lipinski definition) is 2. The Labute approximate surface area is 182 Å². The maximum absolute atomic E-state index is 13.0. The van der Waals surface area contributed by atoms with Crippen LogP contribution >= 0.6 is 0 Å². The van der Waals surface area contributed by atoms with Crippen molar-refractivity contribution in [2.45, 2.75) is 80.6 Å². The van der Waals surface area contributed by atoms with Crippen LogP contribution in [-0.4, -0.2) is 11.6 Å². The molecular formula is C28H36O2. The van der Waals surface area contributed by atoms with Crippen LogP contribution in [0.25, 0.3) is 0 Å². The van der Waals surface area contributed by atoms with Crippen molar-refractivity contribution in [1.82, 2.24) is 0 Å². The number of fused-ring (bicyclic) bond motifs is 1. The average molecular weight is 405 g/mol. The number of ketones is 2. The number of benzene rings is 1. The van der Waals surface area contributed by atoms with Crippen molar-refractivity contribution >= 4 is 11.6 Å². The van der Waals surface area contributed by atoms with E-state index in [-0.39, 0.29) is 11.6 Å². The van der Waals surface area contributed by atoms with E-state index in [0.717, 1.165) is 36.8 Å². The Morgan fingerprint density at radius 1 is 0.733 bits per heavy atom. The van der Waals surface area contributed by atoms with Crippen LogP contribution in [0.3, 0.4) is 0 Å². The van der Waals surface area contributed by atoms with E-state index < -0.39 is 0 Å². The van der Waals surface area contributed by atoms with Crippen molar-refractivity contribution < 1.29 is 9.59 Å². The van der Waals surface area contributed by atoms with Gasteiger partial charge in [0.25, 0.3) is 0 Å².